The monoisotopic (exact) mass is 329 g/mol. The van der Waals surface area contributed by atoms with Gasteiger partial charge in [-0.2, -0.15) is 0 Å². The van der Waals surface area contributed by atoms with Crippen molar-refractivity contribution in [2.24, 2.45) is 0 Å². The van der Waals surface area contributed by atoms with Crippen LogP contribution in [-0.4, -0.2) is 26.7 Å². The molecule has 0 unspecified atom stereocenters. The first-order chi connectivity index (χ1) is 11.5. The van der Waals surface area contributed by atoms with Gasteiger partial charge in [-0.25, -0.2) is 0 Å². The van der Waals surface area contributed by atoms with Gasteiger partial charge in [-0.15, -0.1) is 0 Å². The Bertz CT molecular complexity index is 683. The van der Waals surface area contributed by atoms with Gasteiger partial charge in [0.2, 0.25) is 0 Å². The summed E-state index contributed by atoms with van der Waals surface area (Å²) in [4.78, 5) is 12.2. The van der Waals surface area contributed by atoms with Gasteiger partial charge >= 0.3 is 0 Å². The topological polar surface area (TPSA) is 56.8 Å². The van der Waals surface area contributed by atoms with Gasteiger partial charge < -0.3 is 19.5 Å². The maximum Gasteiger partial charge on any atom is 0.258 e. The van der Waals surface area contributed by atoms with E-state index in [2.05, 4.69) is 5.32 Å². The molecule has 2 rings (SSSR count). The van der Waals surface area contributed by atoms with Crippen molar-refractivity contribution in [3.8, 4) is 17.2 Å². The van der Waals surface area contributed by atoms with Crippen molar-refractivity contribution in [1.29, 1.82) is 0 Å². The van der Waals surface area contributed by atoms with E-state index in [9.17, 15) is 4.79 Å². The number of carbonyl (C=O) groups excluding carboxylic acids is 1. The van der Waals surface area contributed by atoms with E-state index < -0.39 is 5.54 Å². The molecule has 24 heavy (non-hydrogen) atoms. The normalized spacial score (nSPS) is 10.8. The average Bonchev–Trinajstić information content (AvgIpc) is 2.59. The van der Waals surface area contributed by atoms with Gasteiger partial charge in [0.15, 0.2) is 18.1 Å². The van der Waals surface area contributed by atoms with E-state index >= 15 is 0 Å². The molecule has 0 radical (unpaired) electrons. The molecule has 0 spiro atoms. The first-order valence-electron chi connectivity index (χ1n) is 7.67. The quantitative estimate of drug-likeness (QED) is 0.848. The number of carbonyl (C=O) groups is 1. The number of amides is 1. The zero-order valence-corrected chi connectivity index (χ0v) is 14.5. The van der Waals surface area contributed by atoms with E-state index in [0.29, 0.717) is 17.2 Å². The molecule has 0 heterocycles. The molecule has 0 aliphatic carbocycles. The summed E-state index contributed by atoms with van der Waals surface area (Å²) in [7, 11) is 3.17. The van der Waals surface area contributed by atoms with Crippen LogP contribution in [0.3, 0.4) is 0 Å². The summed E-state index contributed by atoms with van der Waals surface area (Å²) < 4.78 is 16.0. The predicted molar refractivity (Wildman–Crippen MR) is 92.7 cm³/mol. The number of methoxy groups -OCH3 is 2. The lowest BCUT2D eigenvalue weighted by Gasteiger charge is -2.27. The second-order valence-corrected chi connectivity index (χ2v) is 5.84. The Morgan fingerprint density at radius 1 is 1.00 bits per heavy atom. The molecule has 0 aromatic heterocycles. The zero-order valence-electron chi connectivity index (χ0n) is 14.5. The van der Waals surface area contributed by atoms with Crippen LogP contribution in [0.25, 0.3) is 0 Å². The average molecular weight is 329 g/mol. The molecular formula is C19H23NO4. The van der Waals surface area contributed by atoms with E-state index in [4.69, 9.17) is 14.2 Å². The maximum atomic E-state index is 12.2. The van der Waals surface area contributed by atoms with Gasteiger partial charge in [0.25, 0.3) is 5.91 Å². The zero-order chi connectivity index (χ0) is 17.6. The van der Waals surface area contributed by atoms with Crippen molar-refractivity contribution in [1.82, 2.24) is 5.32 Å². The molecule has 0 saturated heterocycles. The van der Waals surface area contributed by atoms with Gasteiger partial charge in [0, 0.05) is 0 Å². The van der Waals surface area contributed by atoms with Crippen molar-refractivity contribution in [2.45, 2.75) is 19.4 Å². The third-order valence-electron chi connectivity index (χ3n) is 3.67. The molecule has 0 aliphatic rings. The van der Waals surface area contributed by atoms with Crippen LogP contribution < -0.4 is 19.5 Å². The van der Waals surface area contributed by atoms with Crippen LogP contribution in [0.2, 0.25) is 0 Å². The Labute approximate surface area is 142 Å². The fourth-order valence-corrected chi connectivity index (χ4v) is 2.35. The van der Waals surface area contributed by atoms with Gasteiger partial charge in [-0.1, -0.05) is 24.3 Å². The third-order valence-corrected chi connectivity index (χ3v) is 3.67. The van der Waals surface area contributed by atoms with E-state index in [1.807, 2.05) is 62.4 Å². The molecule has 1 amide bonds. The highest BCUT2D eigenvalue weighted by molar-refractivity contribution is 5.78. The van der Waals surface area contributed by atoms with E-state index in [1.165, 1.54) is 0 Å². The van der Waals surface area contributed by atoms with Crippen molar-refractivity contribution in [3.63, 3.8) is 0 Å². The van der Waals surface area contributed by atoms with Crippen molar-refractivity contribution in [3.05, 3.63) is 54.1 Å². The van der Waals surface area contributed by atoms with Crippen LogP contribution in [0, 0.1) is 0 Å². The molecule has 2 aromatic carbocycles. The molecule has 5 heteroatoms. The van der Waals surface area contributed by atoms with Gasteiger partial charge in [-0.3, -0.25) is 4.79 Å². The highest BCUT2D eigenvalue weighted by atomic mass is 16.5. The van der Waals surface area contributed by atoms with Crippen LogP contribution in [0.4, 0.5) is 0 Å². The smallest absolute Gasteiger partial charge is 0.258 e. The number of nitrogens with one attached hydrogen (secondary N) is 1. The molecule has 0 bridgehead atoms. The van der Waals surface area contributed by atoms with Crippen LogP contribution in [0.15, 0.2) is 48.5 Å². The van der Waals surface area contributed by atoms with Gasteiger partial charge in [-0.05, 0) is 43.7 Å². The Balaban J connectivity index is 2.03. The minimum atomic E-state index is -0.573. The molecule has 128 valence electrons. The number of benzene rings is 2. The second kappa shape index (κ2) is 7.73. The standard InChI is InChI=1S/C19H23NO4/c1-19(2,14-10-11-16(22-3)17(12-14)23-4)20-18(21)13-24-15-8-6-5-7-9-15/h5-12H,13H2,1-4H3,(H,20,21). The summed E-state index contributed by atoms with van der Waals surface area (Å²) in [6.45, 7) is 3.81. The number of hydrogen-bond acceptors (Lipinski definition) is 4. The fraction of sp³-hybridized carbons (Fsp3) is 0.316. The summed E-state index contributed by atoms with van der Waals surface area (Å²) >= 11 is 0. The Kier molecular flexibility index (Phi) is 5.68. The van der Waals surface area contributed by atoms with Crippen molar-refractivity contribution < 1.29 is 19.0 Å². The van der Waals surface area contributed by atoms with Gasteiger partial charge in [0.05, 0.1) is 19.8 Å². The Morgan fingerprint density at radius 3 is 2.29 bits per heavy atom. The van der Waals surface area contributed by atoms with E-state index in [1.54, 1.807) is 14.2 Å². The lowest BCUT2D eigenvalue weighted by molar-refractivity contribution is -0.124. The largest absolute Gasteiger partial charge is 0.493 e. The lowest BCUT2D eigenvalue weighted by Crippen LogP contribution is -2.43. The molecule has 2 aromatic rings. The van der Waals surface area contributed by atoms with Crippen LogP contribution in [0.5, 0.6) is 17.2 Å². The summed E-state index contributed by atoms with van der Waals surface area (Å²) in [6, 6.07) is 14.8. The Morgan fingerprint density at radius 2 is 1.67 bits per heavy atom. The first-order valence-corrected chi connectivity index (χ1v) is 7.67. The third kappa shape index (κ3) is 4.41. The second-order valence-electron chi connectivity index (χ2n) is 5.84. The molecule has 0 atom stereocenters. The molecule has 0 fully saturated rings. The fourth-order valence-electron chi connectivity index (χ4n) is 2.35. The lowest BCUT2D eigenvalue weighted by atomic mass is 9.94. The summed E-state index contributed by atoms with van der Waals surface area (Å²) in [6.07, 6.45) is 0. The molecular weight excluding hydrogens is 306 g/mol. The molecule has 0 saturated carbocycles. The van der Waals surface area contributed by atoms with Gasteiger partial charge in [0.1, 0.15) is 5.75 Å². The molecule has 1 N–H and O–H groups in total. The summed E-state index contributed by atoms with van der Waals surface area (Å²) in [5, 5.41) is 2.97. The summed E-state index contributed by atoms with van der Waals surface area (Å²) in [5.41, 5.74) is 0.338. The minimum absolute atomic E-state index is 0.0409. The van der Waals surface area contributed by atoms with Crippen LogP contribution >= 0.6 is 0 Å². The van der Waals surface area contributed by atoms with Crippen molar-refractivity contribution >= 4 is 5.91 Å². The highest BCUT2D eigenvalue weighted by Gasteiger charge is 2.24. The molecule has 5 nitrogen and oxygen atoms in total. The molecule has 0 aliphatic heterocycles. The first kappa shape index (κ1) is 17.7. The summed E-state index contributed by atoms with van der Waals surface area (Å²) in [5.74, 6) is 1.74. The van der Waals surface area contributed by atoms with E-state index in [-0.39, 0.29) is 12.5 Å². The highest BCUT2D eigenvalue weighted by Crippen LogP contribution is 2.32. The van der Waals surface area contributed by atoms with Crippen LogP contribution in [-0.2, 0) is 10.3 Å². The SMILES string of the molecule is COc1ccc(C(C)(C)NC(=O)COc2ccccc2)cc1OC. The Hall–Kier alpha value is -2.69. The number of hydrogen-bond donors (Lipinski definition) is 1. The van der Waals surface area contributed by atoms with Crippen LogP contribution in [0.1, 0.15) is 19.4 Å². The minimum Gasteiger partial charge on any atom is -0.493 e. The van der Waals surface area contributed by atoms with E-state index in [0.717, 1.165) is 5.56 Å². The number of ether oxygens (including phenoxy) is 3. The number of rotatable bonds is 7. The number of para-hydroxylation sites is 1. The maximum absolute atomic E-state index is 12.2. The van der Waals surface area contributed by atoms with Crippen molar-refractivity contribution in [2.75, 3.05) is 20.8 Å². The predicted octanol–water partition coefficient (Wildman–Crippen LogP) is 3.13.